The zero-order chi connectivity index (χ0) is 29.1. The van der Waals surface area contributed by atoms with Gasteiger partial charge in [-0.25, -0.2) is 24.6 Å². The normalized spacial score (nSPS) is 10.1. The third kappa shape index (κ3) is 7.65. The summed E-state index contributed by atoms with van der Waals surface area (Å²) in [4.78, 5) is 25.8. The molecule has 0 amide bonds. The third-order valence-corrected chi connectivity index (χ3v) is 6.31. The molecule has 0 spiro atoms. The van der Waals surface area contributed by atoms with Gasteiger partial charge >= 0.3 is 19.5 Å². The Hall–Kier alpha value is -5.53. The Morgan fingerprint density at radius 3 is 1.36 bits per heavy atom. The smallest absolute Gasteiger partial charge is 0.255 e. The van der Waals surface area contributed by atoms with Crippen molar-refractivity contribution in [3.63, 3.8) is 0 Å². The number of para-hydroxylation sites is 2. The van der Waals surface area contributed by atoms with Crippen LogP contribution in [0, 0.1) is 0 Å². The van der Waals surface area contributed by atoms with Crippen molar-refractivity contribution in [3.8, 4) is 28.7 Å². The monoisotopic (exact) mass is 660 g/mol. The molecule has 0 saturated heterocycles. The van der Waals surface area contributed by atoms with E-state index in [0.717, 1.165) is 44.6 Å². The maximum atomic E-state index is 4.69. The minimum Gasteiger partial charge on any atom is -0.255 e. The van der Waals surface area contributed by atoms with Gasteiger partial charge in [0.25, 0.3) is 0 Å². The zero-order valence-electron chi connectivity index (χ0n) is 23.4. The molecule has 0 bridgehead atoms. The number of pyridine rings is 4. The van der Waals surface area contributed by atoms with Crippen LogP contribution in [0.1, 0.15) is 0 Å². The van der Waals surface area contributed by atoms with E-state index in [-0.39, 0.29) is 19.5 Å². The molecule has 6 aromatic heterocycles. The third-order valence-electron chi connectivity index (χ3n) is 6.31. The summed E-state index contributed by atoms with van der Waals surface area (Å²) in [6.07, 6.45) is 10.4. The summed E-state index contributed by atoms with van der Waals surface area (Å²) < 4.78 is 1.61. The summed E-state index contributed by atoms with van der Waals surface area (Å²) in [5, 5.41) is 6.28. The van der Waals surface area contributed by atoms with Gasteiger partial charge in [-0.15, -0.1) is 0 Å². The van der Waals surface area contributed by atoms with Gasteiger partial charge in [0.2, 0.25) is 5.95 Å². The Balaban J connectivity index is 0.000000138. The van der Waals surface area contributed by atoms with Gasteiger partial charge in [-0.1, -0.05) is 60.7 Å². The number of fused-ring (bicyclic) bond motifs is 2. The molecule has 44 heavy (non-hydrogen) atoms. The van der Waals surface area contributed by atoms with Crippen molar-refractivity contribution in [2.75, 3.05) is 0 Å². The van der Waals surface area contributed by atoms with Gasteiger partial charge in [-0.3, -0.25) is 9.97 Å². The van der Waals surface area contributed by atoms with Gasteiger partial charge in [0, 0.05) is 48.0 Å². The van der Waals surface area contributed by atoms with E-state index in [1.807, 2.05) is 91.0 Å². The van der Waals surface area contributed by atoms with Gasteiger partial charge in [0.05, 0.1) is 33.8 Å². The first-order valence-electron chi connectivity index (χ1n) is 13.6. The first-order valence-corrected chi connectivity index (χ1v) is 13.6. The van der Waals surface area contributed by atoms with Crippen molar-refractivity contribution in [1.29, 1.82) is 0 Å². The molecule has 212 valence electrons. The molecule has 8 aromatic rings. The van der Waals surface area contributed by atoms with Gasteiger partial charge in [0.1, 0.15) is 0 Å². The second-order valence-electron chi connectivity index (χ2n) is 9.21. The molecule has 6 heterocycles. The molecule has 0 saturated carbocycles. The fraction of sp³-hybridized carbons (Fsp3) is 0. The fourth-order valence-corrected chi connectivity index (χ4v) is 4.24. The summed E-state index contributed by atoms with van der Waals surface area (Å²) in [6, 6.07) is 39.7. The van der Waals surface area contributed by atoms with Crippen molar-refractivity contribution in [1.82, 2.24) is 39.7 Å². The number of rotatable bonds is 3. The number of hydrogen-bond acceptors (Lipinski definition) is 7. The molecule has 9 heteroatoms. The van der Waals surface area contributed by atoms with Crippen molar-refractivity contribution in [2.45, 2.75) is 0 Å². The average molecular weight is 660 g/mol. The van der Waals surface area contributed by atoms with E-state index in [4.69, 9.17) is 0 Å². The maximum absolute atomic E-state index is 4.69. The fourth-order valence-electron chi connectivity index (χ4n) is 4.24. The molecule has 0 unspecified atom stereocenters. The van der Waals surface area contributed by atoms with Crippen molar-refractivity contribution < 1.29 is 19.5 Å². The average Bonchev–Trinajstić information content (AvgIpc) is 3.65. The molecule has 0 atom stereocenters. The Morgan fingerprint density at radius 2 is 0.886 bits per heavy atom. The van der Waals surface area contributed by atoms with Crippen LogP contribution in [0.25, 0.3) is 50.5 Å². The number of nitrogens with zero attached hydrogens (tertiary/aromatic N) is 8. The summed E-state index contributed by atoms with van der Waals surface area (Å²) in [6.45, 7) is 0. The Morgan fingerprint density at radius 1 is 0.386 bits per heavy atom. The van der Waals surface area contributed by atoms with Gasteiger partial charge < -0.3 is 0 Å². The molecular weight excluding hydrogens is 634 g/mol. The largest absolute Gasteiger partial charge is 2.00 e. The van der Waals surface area contributed by atoms with Crippen LogP contribution < -0.4 is 0 Å². The van der Waals surface area contributed by atoms with Crippen LogP contribution in [0.3, 0.4) is 0 Å². The molecule has 2 aromatic carbocycles. The Labute approximate surface area is 267 Å². The topological polar surface area (TPSA) is 95.2 Å². The van der Waals surface area contributed by atoms with Crippen molar-refractivity contribution in [2.24, 2.45) is 0 Å². The van der Waals surface area contributed by atoms with Crippen LogP contribution in [0.4, 0.5) is 0 Å². The molecule has 8 nitrogen and oxygen atoms in total. The van der Waals surface area contributed by atoms with E-state index in [0.29, 0.717) is 5.95 Å². The minimum atomic E-state index is 0. The predicted molar refractivity (Wildman–Crippen MR) is 169 cm³/mol. The van der Waals surface area contributed by atoms with Crippen LogP contribution in [0.15, 0.2) is 159 Å². The zero-order valence-corrected chi connectivity index (χ0v) is 25.2. The molecule has 0 radical (unpaired) electrons. The molecule has 0 aliphatic carbocycles. The van der Waals surface area contributed by atoms with Crippen LogP contribution in [0.2, 0.25) is 0 Å². The number of hydrogen-bond donors (Lipinski definition) is 0. The van der Waals surface area contributed by atoms with Crippen LogP contribution in [0.5, 0.6) is 0 Å². The maximum Gasteiger partial charge on any atom is 2.00 e. The molecular formula is C35H26N8Ru+2. The minimum absolute atomic E-state index is 0. The summed E-state index contributed by atoms with van der Waals surface area (Å²) >= 11 is 0. The van der Waals surface area contributed by atoms with E-state index in [9.17, 15) is 0 Å². The second kappa shape index (κ2) is 15.1. The SMILES string of the molecule is [Ru+2].c1ccc(-c2ccccn2)nc1.c1ccc2nc(-c3ccc4ccccc4n3)ccc2c1.c1cnc(-n2cccn2)nc1. The van der Waals surface area contributed by atoms with Crippen LogP contribution >= 0.6 is 0 Å². The van der Waals surface area contributed by atoms with Gasteiger partial charge in [0.15, 0.2) is 0 Å². The van der Waals surface area contributed by atoms with Crippen molar-refractivity contribution in [3.05, 3.63) is 159 Å². The molecule has 0 aliphatic heterocycles. The van der Waals surface area contributed by atoms with E-state index in [1.165, 1.54) is 0 Å². The first kappa shape index (κ1) is 29.9. The van der Waals surface area contributed by atoms with E-state index >= 15 is 0 Å². The Kier molecular flexibility index (Phi) is 10.3. The number of benzene rings is 2. The quantitative estimate of drug-likeness (QED) is 0.184. The Bertz CT molecular complexity index is 1910. The van der Waals surface area contributed by atoms with E-state index in [1.54, 1.807) is 47.9 Å². The molecule has 0 aliphatic rings. The molecule has 0 fully saturated rings. The number of aromatic nitrogens is 8. The molecule has 8 rings (SSSR count). The second-order valence-corrected chi connectivity index (χ2v) is 9.21. The standard InChI is InChI=1S/C18H12N2.C10H8N2.C7H6N4.Ru/c1-3-7-15-13(5-1)9-11-17(19-15)18-12-10-14-6-2-4-8-16(14)20-18;1-3-7-11-9(5-1)10-6-2-4-8-12-10;1-3-8-7(9-4-1)11-6-2-5-10-11;/h1-12H;1-8H;1-6H;/q;;;+2. The van der Waals surface area contributed by atoms with Gasteiger partial charge in [-0.2, -0.15) is 5.10 Å². The van der Waals surface area contributed by atoms with Crippen LogP contribution in [-0.4, -0.2) is 39.7 Å². The summed E-state index contributed by atoms with van der Waals surface area (Å²) in [7, 11) is 0. The first-order chi connectivity index (χ1) is 21.3. The van der Waals surface area contributed by atoms with E-state index < -0.39 is 0 Å². The van der Waals surface area contributed by atoms with Gasteiger partial charge in [-0.05, 0) is 60.7 Å². The molecule has 0 N–H and O–H groups in total. The van der Waals surface area contributed by atoms with E-state index in [2.05, 4.69) is 59.3 Å². The summed E-state index contributed by atoms with van der Waals surface area (Å²) in [5.74, 6) is 0.595. The summed E-state index contributed by atoms with van der Waals surface area (Å²) in [5.41, 5.74) is 5.65. The van der Waals surface area contributed by atoms with Crippen molar-refractivity contribution >= 4 is 21.8 Å². The van der Waals surface area contributed by atoms with Crippen LogP contribution in [-0.2, 0) is 19.5 Å². The predicted octanol–water partition coefficient (Wildman–Crippen LogP) is 7.25.